The number of aryl methyl sites for hydroxylation is 1. The molecule has 1 aliphatic carbocycles. The third kappa shape index (κ3) is 5.13. The van der Waals surface area contributed by atoms with Gasteiger partial charge in [0, 0.05) is 11.1 Å². The van der Waals surface area contributed by atoms with Crippen molar-refractivity contribution in [3.8, 4) is 22.6 Å². The van der Waals surface area contributed by atoms with Gasteiger partial charge in [-0.1, -0.05) is 50.5 Å². The van der Waals surface area contributed by atoms with Crippen LogP contribution in [0.25, 0.3) is 11.1 Å². The molecule has 1 saturated carbocycles. The van der Waals surface area contributed by atoms with E-state index in [4.69, 9.17) is 4.74 Å². The van der Waals surface area contributed by atoms with E-state index in [2.05, 4.69) is 6.92 Å². The summed E-state index contributed by atoms with van der Waals surface area (Å²) in [6.45, 7) is 3.78. The normalized spacial score (nSPS) is 18.2. The molecule has 0 heterocycles. The first kappa shape index (κ1) is 24.3. The minimum absolute atomic E-state index is 0.0282. The average Bonchev–Trinajstić information content (AvgIpc) is 2.83. The van der Waals surface area contributed by atoms with Crippen LogP contribution in [0.4, 0.5) is 17.6 Å². The van der Waals surface area contributed by atoms with Crippen LogP contribution in [0.15, 0.2) is 48.5 Å². The van der Waals surface area contributed by atoms with Gasteiger partial charge in [0.25, 0.3) is 0 Å². The second-order valence-corrected chi connectivity index (χ2v) is 9.32. The number of para-hydroxylation sites is 1. The van der Waals surface area contributed by atoms with E-state index in [9.17, 15) is 13.2 Å². The van der Waals surface area contributed by atoms with Crippen LogP contribution in [0.3, 0.4) is 0 Å². The molecule has 4 rings (SSSR count). The van der Waals surface area contributed by atoms with Crippen LogP contribution >= 0.6 is 0 Å². The summed E-state index contributed by atoms with van der Waals surface area (Å²) in [5.74, 6) is -2.42. The van der Waals surface area contributed by atoms with Crippen molar-refractivity contribution < 1.29 is 22.3 Å². The second kappa shape index (κ2) is 10.6. The maximum absolute atomic E-state index is 15.7. The molecular weight excluding hydrogens is 440 g/mol. The van der Waals surface area contributed by atoms with E-state index in [-0.39, 0.29) is 23.0 Å². The number of ether oxygens (including phenoxy) is 1. The summed E-state index contributed by atoms with van der Waals surface area (Å²) in [6.07, 6.45) is 7.01. The van der Waals surface area contributed by atoms with Crippen LogP contribution in [-0.4, -0.2) is 0 Å². The molecule has 1 nitrogen and oxygen atoms in total. The van der Waals surface area contributed by atoms with E-state index in [1.54, 1.807) is 31.2 Å². The number of unbranched alkanes of at least 4 members (excludes halogenated alkanes) is 1. The van der Waals surface area contributed by atoms with Crippen molar-refractivity contribution in [3.63, 3.8) is 0 Å². The highest BCUT2D eigenvalue weighted by Gasteiger charge is 2.29. The Bertz CT molecular complexity index is 1150. The summed E-state index contributed by atoms with van der Waals surface area (Å²) in [5.41, 5.74) is 1.33. The minimum atomic E-state index is -0.978. The van der Waals surface area contributed by atoms with Crippen LogP contribution < -0.4 is 4.74 Å². The summed E-state index contributed by atoms with van der Waals surface area (Å²) in [7, 11) is 0. The Balaban J connectivity index is 1.64. The highest BCUT2D eigenvalue weighted by atomic mass is 19.2. The summed E-state index contributed by atoms with van der Waals surface area (Å²) in [5, 5.41) is 0. The van der Waals surface area contributed by atoms with Gasteiger partial charge < -0.3 is 4.74 Å². The number of rotatable bonds is 7. The van der Waals surface area contributed by atoms with Gasteiger partial charge in [0.2, 0.25) is 0 Å². The van der Waals surface area contributed by atoms with Crippen molar-refractivity contribution in [2.75, 3.05) is 0 Å². The van der Waals surface area contributed by atoms with Gasteiger partial charge in [-0.3, -0.25) is 0 Å². The first-order valence-electron chi connectivity index (χ1n) is 12.1. The van der Waals surface area contributed by atoms with E-state index in [1.165, 1.54) is 25.0 Å². The van der Waals surface area contributed by atoms with E-state index in [0.29, 0.717) is 22.6 Å². The fourth-order valence-corrected chi connectivity index (χ4v) is 5.03. The van der Waals surface area contributed by atoms with Gasteiger partial charge in [-0.25, -0.2) is 17.6 Å². The molecule has 0 N–H and O–H groups in total. The summed E-state index contributed by atoms with van der Waals surface area (Å²) in [4.78, 5) is 0. The van der Waals surface area contributed by atoms with Gasteiger partial charge in [0.1, 0.15) is 11.6 Å². The molecule has 34 heavy (non-hydrogen) atoms. The zero-order valence-electron chi connectivity index (χ0n) is 19.6. The SMILES string of the molecule is CCCCC1CCC(c2c(F)cc(C)c(Oc3ccccc3-c3ccc(F)c(F)c3)c2F)CC1. The molecule has 0 atom stereocenters. The minimum Gasteiger partial charge on any atom is -0.453 e. The zero-order valence-corrected chi connectivity index (χ0v) is 19.6. The maximum atomic E-state index is 15.7. The van der Waals surface area contributed by atoms with Crippen molar-refractivity contribution in [1.82, 2.24) is 0 Å². The number of halogens is 4. The lowest BCUT2D eigenvalue weighted by molar-refractivity contribution is 0.294. The van der Waals surface area contributed by atoms with Crippen LogP contribution in [0, 0.1) is 36.1 Å². The smallest absolute Gasteiger partial charge is 0.172 e. The van der Waals surface area contributed by atoms with Gasteiger partial charge in [0.15, 0.2) is 23.2 Å². The van der Waals surface area contributed by atoms with Crippen LogP contribution in [0.1, 0.15) is 68.9 Å². The Kier molecular flexibility index (Phi) is 7.60. The average molecular weight is 471 g/mol. The summed E-state index contributed by atoms with van der Waals surface area (Å²) < 4.78 is 64.0. The standard InChI is InChI=1S/C29H30F4O/c1-3-4-7-19-10-12-20(13-11-19)27-25(32)16-18(2)29(28(27)33)34-26-9-6-5-8-22(26)21-14-15-23(30)24(31)17-21/h5-6,8-9,14-17,19-20H,3-4,7,10-13H2,1-2H3. The zero-order chi connectivity index (χ0) is 24.2. The molecule has 3 aromatic rings. The highest BCUT2D eigenvalue weighted by Crippen LogP contribution is 2.44. The highest BCUT2D eigenvalue weighted by molar-refractivity contribution is 5.71. The molecule has 1 aliphatic rings. The third-order valence-electron chi connectivity index (χ3n) is 6.95. The molecule has 0 spiro atoms. The molecule has 3 aromatic carbocycles. The lowest BCUT2D eigenvalue weighted by atomic mass is 9.76. The van der Waals surface area contributed by atoms with Crippen molar-refractivity contribution in [2.24, 2.45) is 5.92 Å². The molecule has 0 radical (unpaired) electrons. The summed E-state index contributed by atoms with van der Waals surface area (Å²) >= 11 is 0. The summed E-state index contributed by atoms with van der Waals surface area (Å²) in [6, 6.07) is 11.7. The molecule has 0 saturated heterocycles. The van der Waals surface area contributed by atoms with Crippen molar-refractivity contribution in [1.29, 1.82) is 0 Å². The Hall–Kier alpha value is -2.82. The Labute approximate surface area is 198 Å². The van der Waals surface area contributed by atoms with Gasteiger partial charge in [-0.05, 0) is 79.8 Å². The van der Waals surface area contributed by atoms with Crippen molar-refractivity contribution in [2.45, 2.75) is 64.7 Å². The Morgan fingerprint density at radius 2 is 1.59 bits per heavy atom. The molecule has 0 amide bonds. The molecule has 0 unspecified atom stereocenters. The molecule has 180 valence electrons. The fraction of sp³-hybridized carbons (Fsp3) is 0.379. The van der Waals surface area contributed by atoms with Gasteiger partial charge in [-0.15, -0.1) is 0 Å². The van der Waals surface area contributed by atoms with Gasteiger partial charge in [0.05, 0.1) is 0 Å². The van der Waals surface area contributed by atoms with Crippen LogP contribution in [0.2, 0.25) is 0 Å². The predicted octanol–water partition coefficient (Wildman–Crippen LogP) is 9.47. The van der Waals surface area contributed by atoms with Crippen molar-refractivity contribution in [3.05, 3.63) is 82.9 Å². The first-order chi connectivity index (χ1) is 16.4. The number of hydrogen-bond donors (Lipinski definition) is 0. The molecule has 0 bridgehead atoms. The van der Waals surface area contributed by atoms with Crippen LogP contribution in [0.5, 0.6) is 11.5 Å². The molecule has 1 fully saturated rings. The van der Waals surface area contributed by atoms with E-state index < -0.39 is 23.3 Å². The van der Waals surface area contributed by atoms with E-state index in [0.717, 1.165) is 44.2 Å². The largest absolute Gasteiger partial charge is 0.453 e. The van der Waals surface area contributed by atoms with Crippen LogP contribution in [-0.2, 0) is 0 Å². The monoisotopic (exact) mass is 470 g/mol. The number of hydrogen-bond acceptors (Lipinski definition) is 1. The maximum Gasteiger partial charge on any atom is 0.172 e. The lowest BCUT2D eigenvalue weighted by Gasteiger charge is -2.29. The fourth-order valence-electron chi connectivity index (χ4n) is 5.03. The molecule has 0 aliphatic heterocycles. The first-order valence-corrected chi connectivity index (χ1v) is 12.1. The Morgan fingerprint density at radius 1 is 0.853 bits per heavy atom. The number of benzene rings is 3. The second-order valence-electron chi connectivity index (χ2n) is 9.32. The Morgan fingerprint density at radius 3 is 2.29 bits per heavy atom. The van der Waals surface area contributed by atoms with Crippen molar-refractivity contribution >= 4 is 0 Å². The molecule has 5 heteroatoms. The van der Waals surface area contributed by atoms with E-state index >= 15 is 4.39 Å². The third-order valence-corrected chi connectivity index (χ3v) is 6.95. The van der Waals surface area contributed by atoms with Gasteiger partial charge in [-0.2, -0.15) is 0 Å². The predicted molar refractivity (Wildman–Crippen MR) is 127 cm³/mol. The molecule has 0 aromatic heterocycles. The molecular formula is C29H30F4O. The van der Waals surface area contributed by atoms with Gasteiger partial charge >= 0.3 is 0 Å². The lowest BCUT2D eigenvalue weighted by Crippen LogP contribution is -2.16. The quantitative estimate of drug-likeness (QED) is 0.312. The topological polar surface area (TPSA) is 9.23 Å². The van der Waals surface area contributed by atoms with E-state index in [1.807, 2.05) is 0 Å².